The normalized spacial score (nSPS) is 17.1. The Morgan fingerprint density at radius 3 is 2.74 bits per heavy atom. The molecule has 0 saturated carbocycles. The van der Waals surface area contributed by atoms with E-state index in [2.05, 4.69) is 41.9 Å². The van der Waals surface area contributed by atoms with Crippen LogP contribution in [-0.4, -0.2) is 20.8 Å². The van der Waals surface area contributed by atoms with Gasteiger partial charge in [-0.1, -0.05) is 12.1 Å². The molecule has 1 atom stereocenters. The van der Waals surface area contributed by atoms with E-state index in [1.807, 2.05) is 0 Å². The minimum absolute atomic E-state index is 0.129. The largest absolute Gasteiger partial charge is 0.341 e. The third-order valence-electron chi connectivity index (χ3n) is 3.80. The molecule has 1 aliphatic heterocycles. The van der Waals surface area contributed by atoms with Gasteiger partial charge >= 0.3 is 0 Å². The second kappa shape index (κ2) is 6.07. The first-order valence-corrected chi connectivity index (χ1v) is 9.62. The summed E-state index contributed by atoms with van der Waals surface area (Å²) in [6, 6.07) is 9.10. The van der Waals surface area contributed by atoms with Crippen LogP contribution in [0.25, 0.3) is 0 Å². The van der Waals surface area contributed by atoms with Crippen LogP contribution in [0.1, 0.15) is 28.3 Å². The highest BCUT2D eigenvalue weighted by molar-refractivity contribution is 7.90. The second-order valence-electron chi connectivity index (χ2n) is 5.61. The number of nitrogens with zero attached hydrogens (tertiary/aromatic N) is 1. The molecule has 3 rings (SSSR count). The molecular formula is C16H19N3O2S2. The van der Waals surface area contributed by atoms with E-state index in [0.29, 0.717) is 18.1 Å². The molecule has 2 N–H and O–H groups in total. The third kappa shape index (κ3) is 3.31. The number of nitrogens with one attached hydrogen (secondary N) is 2. The molecule has 0 aliphatic carbocycles. The predicted octanol–water partition coefficient (Wildman–Crippen LogP) is 3.23. The minimum atomic E-state index is -3.62. The molecular weight excluding hydrogens is 330 g/mol. The Morgan fingerprint density at radius 1 is 1.30 bits per heavy atom. The van der Waals surface area contributed by atoms with Crippen LogP contribution in [0, 0.1) is 13.8 Å². The number of rotatable bonds is 4. The lowest BCUT2D eigenvalue weighted by molar-refractivity contribution is 0.596. The van der Waals surface area contributed by atoms with E-state index in [9.17, 15) is 8.42 Å². The Bertz CT molecular complexity index is 869. The summed E-state index contributed by atoms with van der Waals surface area (Å²) in [6.07, 6.45) is 0. The van der Waals surface area contributed by atoms with Crippen molar-refractivity contribution in [3.63, 3.8) is 0 Å². The fraction of sp³-hybridized carbons (Fsp3) is 0.312. The molecule has 1 aromatic heterocycles. The maximum absolute atomic E-state index is 12.2. The Kier molecular flexibility index (Phi) is 4.27. The predicted molar refractivity (Wildman–Crippen MR) is 94.9 cm³/mol. The molecule has 1 aliphatic rings. The Hall–Kier alpha value is -1.70. The summed E-state index contributed by atoms with van der Waals surface area (Å²) in [6.45, 7) is 6.62. The SMILES string of the molecule is Cc1cc(C(C)NCC2=NS(=O)(=O)c3ccccc3N2)c(C)s1. The summed E-state index contributed by atoms with van der Waals surface area (Å²) in [5.74, 6) is 0.417. The van der Waals surface area contributed by atoms with Gasteiger partial charge in [0.15, 0.2) is 0 Å². The molecule has 0 radical (unpaired) electrons. The van der Waals surface area contributed by atoms with Gasteiger partial charge < -0.3 is 10.6 Å². The number of amidine groups is 1. The number of thiophene rings is 1. The Labute approximate surface area is 140 Å². The van der Waals surface area contributed by atoms with Crippen molar-refractivity contribution in [2.75, 3.05) is 11.9 Å². The minimum Gasteiger partial charge on any atom is -0.341 e. The van der Waals surface area contributed by atoms with Crippen molar-refractivity contribution in [2.45, 2.75) is 31.7 Å². The number of hydrogen-bond acceptors (Lipinski definition) is 5. The fourth-order valence-electron chi connectivity index (χ4n) is 2.68. The lowest BCUT2D eigenvalue weighted by atomic mass is 10.1. The fourth-order valence-corrected chi connectivity index (χ4v) is 4.85. The highest BCUT2D eigenvalue weighted by atomic mass is 32.2. The summed E-state index contributed by atoms with van der Waals surface area (Å²) < 4.78 is 28.3. The molecule has 0 saturated heterocycles. The number of anilines is 1. The van der Waals surface area contributed by atoms with E-state index in [4.69, 9.17) is 0 Å². The van der Waals surface area contributed by atoms with Gasteiger partial charge in [-0.05, 0) is 44.5 Å². The van der Waals surface area contributed by atoms with Crippen molar-refractivity contribution in [1.29, 1.82) is 0 Å². The number of sulfonamides is 1. The number of para-hydroxylation sites is 1. The van der Waals surface area contributed by atoms with Gasteiger partial charge in [-0.15, -0.1) is 15.7 Å². The second-order valence-corrected chi connectivity index (χ2v) is 8.64. The van der Waals surface area contributed by atoms with Crippen LogP contribution < -0.4 is 10.6 Å². The molecule has 1 aromatic carbocycles. The smallest absolute Gasteiger partial charge is 0.286 e. The van der Waals surface area contributed by atoms with Crippen LogP contribution in [0.3, 0.4) is 0 Å². The zero-order valence-electron chi connectivity index (χ0n) is 13.3. The molecule has 0 spiro atoms. The molecule has 7 heteroatoms. The van der Waals surface area contributed by atoms with E-state index in [0.717, 1.165) is 0 Å². The third-order valence-corrected chi connectivity index (χ3v) is 6.15. The summed E-state index contributed by atoms with van der Waals surface area (Å²) in [5.41, 5.74) is 1.82. The summed E-state index contributed by atoms with van der Waals surface area (Å²) in [5, 5.41) is 6.43. The molecule has 0 amide bonds. The summed E-state index contributed by atoms with van der Waals surface area (Å²) in [4.78, 5) is 2.77. The number of benzene rings is 1. The van der Waals surface area contributed by atoms with Crippen LogP contribution >= 0.6 is 11.3 Å². The molecule has 2 heterocycles. The molecule has 23 heavy (non-hydrogen) atoms. The van der Waals surface area contributed by atoms with Crippen molar-refractivity contribution in [3.05, 3.63) is 45.6 Å². The van der Waals surface area contributed by atoms with Crippen LogP contribution in [0.5, 0.6) is 0 Å². The lowest BCUT2D eigenvalue weighted by Crippen LogP contribution is -2.33. The standard InChI is InChI=1S/C16H19N3O2S2/c1-10-8-13(12(3)22-10)11(2)17-9-16-18-14-6-4-5-7-15(14)23(20,21)19-16/h4-8,11,17H,9H2,1-3H3,(H,18,19). The Balaban J connectivity index is 1.75. The zero-order valence-corrected chi connectivity index (χ0v) is 14.9. The van der Waals surface area contributed by atoms with Gasteiger partial charge in [0.25, 0.3) is 10.0 Å². The number of hydrogen-bond donors (Lipinski definition) is 2. The Morgan fingerprint density at radius 2 is 2.04 bits per heavy atom. The van der Waals surface area contributed by atoms with E-state index < -0.39 is 10.0 Å². The molecule has 0 bridgehead atoms. The topological polar surface area (TPSA) is 70.6 Å². The zero-order chi connectivity index (χ0) is 16.6. The number of aryl methyl sites for hydroxylation is 2. The van der Waals surface area contributed by atoms with Crippen molar-refractivity contribution in [2.24, 2.45) is 4.40 Å². The average Bonchev–Trinajstić information content (AvgIpc) is 2.83. The number of fused-ring (bicyclic) bond motifs is 1. The van der Waals surface area contributed by atoms with Gasteiger partial charge in [0, 0.05) is 15.8 Å². The van der Waals surface area contributed by atoms with Crippen molar-refractivity contribution in [1.82, 2.24) is 5.32 Å². The van der Waals surface area contributed by atoms with Gasteiger partial charge in [0.05, 0.1) is 12.2 Å². The summed E-state index contributed by atoms with van der Waals surface area (Å²) >= 11 is 1.77. The van der Waals surface area contributed by atoms with E-state index >= 15 is 0 Å². The monoisotopic (exact) mass is 349 g/mol. The van der Waals surface area contributed by atoms with Gasteiger partial charge in [-0.2, -0.15) is 8.42 Å². The molecule has 122 valence electrons. The van der Waals surface area contributed by atoms with Crippen molar-refractivity contribution in [3.8, 4) is 0 Å². The molecule has 5 nitrogen and oxygen atoms in total. The average molecular weight is 349 g/mol. The maximum Gasteiger partial charge on any atom is 0.286 e. The first-order valence-electron chi connectivity index (χ1n) is 7.37. The maximum atomic E-state index is 12.2. The van der Waals surface area contributed by atoms with Crippen LogP contribution in [-0.2, 0) is 10.0 Å². The highest BCUT2D eigenvalue weighted by Gasteiger charge is 2.24. The van der Waals surface area contributed by atoms with Crippen LogP contribution in [0.15, 0.2) is 39.6 Å². The first kappa shape index (κ1) is 16.2. The van der Waals surface area contributed by atoms with Gasteiger partial charge in [-0.25, -0.2) is 0 Å². The van der Waals surface area contributed by atoms with E-state index in [1.54, 1.807) is 35.6 Å². The van der Waals surface area contributed by atoms with E-state index in [1.165, 1.54) is 15.3 Å². The lowest BCUT2D eigenvalue weighted by Gasteiger charge is -2.20. The molecule has 0 fully saturated rings. The first-order chi connectivity index (χ1) is 10.9. The molecule has 2 aromatic rings. The van der Waals surface area contributed by atoms with Crippen LogP contribution in [0.2, 0.25) is 0 Å². The van der Waals surface area contributed by atoms with Gasteiger partial charge in [0.1, 0.15) is 10.7 Å². The quantitative estimate of drug-likeness (QED) is 0.889. The van der Waals surface area contributed by atoms with Crippen LogP contribution in [0.4, 0.5) is 5.69 Å². The van der Waals surface area contributed by atoms with E-state index in [-0.39, 0.29) is 10.9 Å². The van der Waals surface area contributed by atoms with Crippen molar-refractivity contribution < 1.29 is 8.42 Å². The molecule has 1 unspecified atom stereocenters. The van der Waals surface area contributed by atoms with Crippen molar-refractivity contribution >= 4 is 32.9 Å². The van der Waals surface area contributed by atoms with Gasteiger partial charge in [0.2, 0.25) is 0 Å². The highest BCUT2D eigenvalue weighted by Crippen LogP contribution is 2.28. The van der Waals surface area contributed by atoms with Gasteiger partial charge in [-0.3, -0.25) is 0 Å². The summed E-state index contributed by atoms with van der Waals surface area (Å²) in [7, 11) is -3.62.